The molecule has 1 N–H and O–H groups in total. The van der Waals surface area contributed by atoms with E-state index in [1.165, 1.54) is 0 Å². The van der Waals surface area contributed by atoms with Crippen LogP contribution in [0.3, 0.4) is 0 Å². The van der Waals surface area contributed by atoms with Gasteiger partial charge in [-0.25, -0.2) is 0 Å². The van der Waals surface area contributed by atoms with Gasteiger partial charge in [-0.3, -0.25) is 14.7 Å². The Bertz CT molecular complexity index is 958. The van der Waals surface area contributed by atoms with E-state index in [0.717, 1.165) is 46.0 Å². The maximum Gasteiger partial charge on any atom is 0.320 e. The second-order valence-electron chi connectivity index (χ2n) is 6.97. The Morgan fingerprint density at radius 1 is 1.07 bits per heavy atom. The molecule has 5 heteroatoms. The predicted octanol–water partition coefficient (Wildman–Crippen LogP) is 5.03. The summed E-state index contributed by atoms with van der Waals surface area (Å²) >= 11 is 3.49. The number of carboxylic acid groups (broad SMARTS) is 1. The van der Waals surface area contributed by atoms with E-state index in [1.807, 2.05) is 42.5 Å². The number of fused-ring (bicyclic) bond motifs is 1. The van der Waals surface area contributed by atoms with E-state index in [1.54, 1.807) is 0 Å². The molecule has 2 unspecified atom stereocenters. The first-order chi connectivity index (χ1) is 13.1. The van der Waals surface area contributed by atoms with Gasteiger partial charge in [0, 0.05) is 9.86 Å². The Kier molecular flexibility index (Phi) is 5.23. The smallest absolute Gasteiger partial charge is 0.320 e. The second kappa shape index (κ2) is 7.79. The van der Waals surface area contributed by atoms with Gasteiger partial charge in [0.25, 0.3) is 0 Å². The highest BCUT2D eigenvalue weighted by Crippen LogP contribution is 2.34. The lowest BCUT2D eigenvalue weighted by Gasteiger charge is -2.39. The fourth-order valence-corrected chi connectivity index (χ4v) is 4.20. The van der Waals surface area contributed by atoms with Crippen LogP contribution in [0.5, 0.6) is 0 Å². The fourth-order valence-electron chi connectivity index (χ4n) is 3.94. The molecule has 1 saturated heterocycles. The number of aromatic nitrogens is 1. The highest BCUT2D eigenvalue weighted by molar-refractivity contribution is 9.10. The summed E-state index contributed by atoms with van der Waals surface area (Å²) < 4.78 is 1.00. The third kappa shape index (κ3) is 3.75. The molecule has 1 aromatic heterocycles. The van der Waals surface area contributed by atoms with Gasteiger partial charge in [-0.1, -0.05) is 58.7 Å². The first-order valence-corrected chi connectivity index (χ1v) is 10.0. The molecular formula is C22H21BrN2O2. The van der Waals surface area contributed by atoms with Crippen LogP contribution in [-0.2, 0) is 4.79 Å². The van der Waals surface area contributed by atoms with Crippen LogP contribution < -0.4 is 0 Å². The van der Waals surface area contributed by atoms with Crippen molar-refractivity contribution in [1.82, 2.24) is 9.88 Å². The lowest BCUT2D eigenvalue weighted by molar-refractivity contribution is -0.145. The van der Waals surface area contributed by atoms with Crippen molar-refractivity contribution in [1.29, 1.82) is 0 Å². The van der Waals surface area contributed by atoms with Crippen molar-refractivity contribution in [2.75, 3.05) is 6.54 Å². The van der Waals surface area contributed by atoms with Crippen molar-refractivity contribution in [2.24, 2.45) is 0 Å². The molecule has 0 bridgehead atoms. The number of carboxylic acids is 1. The van der Waals surface area contributed by atoms with E-state index >= 15 is 0 Å². The van der Waals surface area contributed by atoms with Crippen LogP contribution in [0.4, 0.5) is 0 Å². The number of hydrogen-bond acceptors (Lipinski definition) is 3. The lowest BCUT2D eigenvalue weighted by atomic mass is 9.94. The van der Waals surface area contributed by atoms with E-state index in [9.17, 15) is 9.90 Å². The molecular weight excluding hydrogens is 404 g/mol. The molecule has 4 nitrogen and oxygen atoms in total. The number of nitrogens with zero attached hydrogens (tertiary/aromatic N) is 2. The molecule has 0 saturated carbocycles. The highest BCUT2D eigenvalue weighted by Gasteiger charge is 2.35. The zero-order chi connectivity index (χ0) is 18.8. The summed E-state index contributed by atoms with van der Waals surface area (Å²) in [7, 11) is 0. The number of halogens is 1. The Balaban J connectivity index is 1.83. The molecule has 3 aromatic rings. The number of likely N-dealkylation sites (tertiary alicyclic amines) is 1. The van der Waals surface area contributed by atoms with Crippen molar-refractivity contribution >= 4 is 32.8 Å². The number of hydrogen-bond donors (Lipinski definition) is 1. The molecule has 1 fully saturated rings. The number of benzene rings is 2. The third-order valence-electron chi connectivity index (χ3n) is 5.25. The van der Waals surface area contributed by atoms with E-state index in [4.69, 9.17) is 4.98 Å². The summed E-state index contributed by atoms with van der Waals surface area (Å²) in [5, 5.41) is 10.9. The molecule has 0 aliphatic carbocycles. The number of para-hydroxylation sites is 1. The maximum atomic E-state index is 11.9. The van der Waals surface area contributed by atoms with Gasteiger partial charge in [0.05, 0.1) is 17.3 Å². The molecule has 1 aliphatic heterocycles. The molecule has 2 heterocycles. The summed E-state index contributed by atoms with van der Waals surface area (Å²) in [6.07, 6.45) is 2.63. The summed E-state index contributed by atoms with van der Waals surface area (Å²) in [4.78, 5) is 18.9. The van der Waals surface area contributed by atoms with Gasteiger partial charge in [-0.05, 0) is 49.2 Å². The van der Waals surface area contributed by atoms with Crippen LogP contribution >= 0.6 is 15.9 Å². The maximum absolute atomic E-state index is 11.9. The molecule has 1 aliphatic rings. The Hall–Kier alpha value is -2.24. The van der Waals surface area contributed by atoms with E-state index in [0.29, 0.717) is 6.42 Å². The first kappa shape index (κ1) is 18.1. The average Bonchev–Trinajstić information content (AvgIpc) is 2.70. The number of carbonyl (C=O) groups is 1. The standard InChI is InChI=1S/C22H21BrN2O2/c23-17-11-8-16(9-12-17)21(25-14-4-3-7-20(25)22(26)27)19-13-10-15-5-1-2-6-18(15)24-19/h1-2,5-6,8-13,20-21H,3-4,7,14H2,(H,26,27). The topological polar surface area (TPSA) is 53.4 Å². The van der Waals surface area contributed by atoms with Crippen LogP contribution in [0.25, 0.3) is 10.9 Å². The van der Waals surface area contributed by atoms with Gasteiger partial charge >= 0.3 is 5.97 Å². The van der Waals surface area contributed by atoms with Gasteiger partial charge in [-0.15, -0.1) is 0 Å². The van der Waals surface area contributed by atoms with Gasteiger partial charge in [0.1, 0.15) is 6.04 Å². The summed E-state index contributed by atoms with van der Waals surface area (Å²) in [5.41, 5.74) is 2.89. The van der Waals surface area contributed by atoms with Crippen LogP contribution in [0.2, 0.25) is 0 Å². The van der Waals surface area contributed by atoms with Crippen LogP contribution in [0.15, 0.2) is 65.1 Å². The van der Waals surface area contributed by atoms with E-state index in [2.05, 4.69) is 39.0 Å². The number of pyridine rings is 1. The number of rotatable bonds is 4. The monoisotopic (exact) mass is 424 g/mol. The molecule has 0 amide bonds. The Labute approximate surface area is 167 Å². The normalized spacial score (nSPS) is 19.1. The quantitative estimate of drug-likeness (QED) is 0.638. The summed E-state index contributed by atoms with van der Waals surface area (Å²) in [6, 6.07) is 19.6. The Morgan fingerprint density at radius 2 is 1.85 bits per heavy atom. The van der Waals surface area contributed by atoms with Crippen LogP contribution in [0, 0.1) is 0 Å². The Morgan fingerprint density at radius 3 is 2.63 bits per heavy atom. The molecule has 2 aromatic carbocycles. The molecule has 2 atom stereocenters. The third-order valence-corrected chi connectivity index (χ3v) is 5.78. The zero-order valence-electron chi connectivity index (χ0n) is 14.9. The van der Waals surface area contributed by atoms with Gasteiger partial charge in [0.2, 0.25) is 0 Å². The van der Waals surface area contributed by atoms with E-state index in [-0.39, 0.29) is 6.04 Å². The predicted molar refractivity (Wildman–Crippen MR) is 110 cm³/mol. The largest absolute Gasteiger partial charge is 0.480 e. The first-order valence-electron chi connectivity index (χ1n) is 9.23. The minimum Gasteiger partial charge on any atom is -0.480 e. The molecule has 4 rings (SSSR count). The van der Waals surface area contributed by atoms with Crippen molar-refractivity contribution in [3.05, 3.63) is 76.4 Å². The highest BCUT2D eigenvalue weighted by atomic mass is 79.9. The van der Waals surface area contributed by atoms with Crippen LogP contribution in [-0.4, -0.2) is 33.5 Å². The average molecular weight is 425 g/mol. The minimum absolute atomic E-state index is 0.177. The fraction of sp³-hybridized carbons (Fsp3) is 0.273. The van der Waals surface area contributed by atoms with E-state index < -0.39 is 12.0 Å². The lowest BCUT2D eigenvalue weighted by Crippen LogP contribution is -2.47. The van der Waals surface area contributed by atoms with Gasteiger partial charge < -0.3 is 5.11 Å². The molecule has 27 heavy (non-hydrogen) atoms. The summed E-state index contributed by atoms with van der Waals surface area (Å²) in [5.74, 6) is -0.752. The molecule has 0 spiro atoms. The molecule has 0 radical (unpaired) electrons. The van der Waals surface area contributed by atoms with Crippen molar-refractivity contribution < 1.29 is 9.90 Å². The number of aliphatic carboxylic acids is 1. The van der Waals surface area contributed by atoms with Crippen LogP contribution in [0.1, 0.15) is 36.6 Å². The minimum atomic E-state index is -0.752. The summed E-state index contributed by atoms with van der Waals surface area (Å²) in [6.45, 7) is 0.756. The van der Waals surface area contributed by atoms with Gasteiger partial charge in [0.15, 0.2) is 0 Å². The SMILES string of the molecule is O=C(O)C1CCCCN1C(c1ccc(Br)cc1)c1ccc2ccccc2n1. The van der Waals surface area contributed by atoms with Crippen molar-refractivity contribution in [3.63, 3.8) is 0 Å². The number of piperidine rings is 1. The van der Waals surface area contributed by atoms with Crippen molar-refractivity contribution in [2.45, 2.75) is 31.3 Å². The van der Waals surface area contributed by atoms with Gasteiger partial charge in [-0.2, -0.15) is 0 Å². The second-order valence-corrected chi connectivity index (χ2v) is 7.89. The van der Waals surface area contributed by atoms with Crippen molar-refractivity contribution in [3.8, 4) is 0 Å². The molecule has 138 valence electrons. The zero-order valence-corrected chi connectivity index (χ0v) is 16.5.